The topological polar surface area (TPSA) is 61.9 Å². The van der Waals surface area contributed by atoms with E-state index in [0.29, 0.717) is 24.4 Å². The number of carbonyl (C=O) groups is 2. The zero-order valence-corrected chi connectivity index (χ0v) is 18.8. The van der Waals surface area contributed by atoms with Gasteiger partial charge in [-0.05, 0) is 61.2 Å². The van der Waals surface area contributed by atoms with Gasteiger partial charge in [-0.1, -0.05) is 25.5 Å². The maximum absolute atomic E-state index is 12.7. The fourth-order valence-corrected chi connectivity index (χ4v) is 3.77. The van der Waals surface area contributed by atoms with Gasteiger partial charge in [0.1, 0.15) is 5.75 Å². The highest BCUT2D eigenvalue weighted by molar-refractivity contribution is 5.94. The Morgan fingerprint density at radius 3 is 2.26 bits per heavy atom. The van der Waals surface area contributed by atoms with E-state index in [1.165, 1.54) is 5.56 Å². The first-order valence-corrected chi connectivity index (χ1v) is 11.0. The Balaban J connectivity index is 1.41. The predicted octanol–water partition coefficient (Wildman–Crippen LogP) is 3.50. The van der Waals surface area contributed by atoms with Crippen molar-refractivity contribution in [3.8, 4) is 5.75 Å². The van der Waals surface area contributed by atoms with Crippen LogP contribution in [0, 0.1) is 0 Å². The van der Waals surface area contributed by atoms with Crippen molar-refractivity contribution in [2.24, 2.45) is 0 Å². The van der Waals surface area contributed by atoms with Gasteiger partial charge in [0, 0.05) is 44.5 Å². The third-order valence-corrected chi connectivity index (χ3v) is 5.61. The van der Waals surface area contributed by atoms with Crippen molar-refractivity contribution in [1.29, 1.82) is 0 Å². The molecule has 2 aromatic carbocycles. The van der Waals surface area contributed by atoms with E-state index >= 15 is 0 Å². The molecule has 1 aliphatic heterocycles. The molecule has 1 fully saturated rings. The van der Waals surface area contributed by atoms with E-state index in [2.05, 4.69) is 12.2 Å². The third kappa shape index (κ3) is 6.48. The lowest BCUT2D eigenvalue weighted by molar-refractivity contribution is -0.124. The molecule has 2 aromatic rings. The fraction of sp³-hybridized carbons (Fsp3) is 0.440. The molecular formula is C25H33N3O3. The average Bonchev–Trinajstić information content (AvgIpc) is 2.79. The molecule has 6 heteroatoms. The Hall–Kier alpha value is -3.02. The largest absolute Gasteiger partial charge is 0.484 e. The van der Waals surface area contributed by atoms with Crippen LogP contribution in [0.25, 0.3) is 0 Å². The monoisotopic (exact) mass is 423 g/mol. The van der Waals surface area contributed by atoms with Gasteiger partial charge in [-0.25, -0.2) is 0 Å². The van der Waals surface area contributed by atoms with Crippen molar-refractivity contribution in [2.75, 3.05) is 38.7 Å². The summed E-state index contributed by atoms with van der Waals surface area (Å²) >= 11 is 0. The van der Waals surface area contributed by atoms with Crippen molar-refractivity contribution in [3.63, 3.8) is 0 Å². The molecule has 0 spiro atoms. The third-order valence-electron chi connectivity index (χ3n) is 5.61. The van der Waals surface area contributed by atoms with Crippen molar-refractivity contribution < 1.29 is 14.3 Å². The fourth-order valence-electron chi connectivity index (χ4n) is 3.77. The van der Waals surface area contributed by atoms with Crippen LogP contribution in [0.15, 0.2) is 48.5 Å². The second-order valence-electron chi connectivity index (χ2n) is 8.26. The molecule has 0 saturated carbocycles. The SMILES string of the molecule is CCCc1ccc(OCC(=O)NC2CCN(C(=O)c3ccc(N(C)C)cc3)CC2)cc1. The summed E-state index contributed by atoms with van der Waals surface area (Å²) in [6.45, 7) is 3.43. The molecule has 0 aromatic heterocycles. The molecule has 0 aliphatic carbocycles. The lowest BCUT2D eigenvalue weighted by Gasteiger charge is -2.32. The molecule has 0 radical (unpaired) electrons. The minimum atomic E-state index is -0.123. The Kier molecular flexibility index (Phi) is 7.93. The van der Waals surface area contributed by atoms with Crippen molar-refractivity contribution >= 4 is 17.5 Å². The molecule has 31 heavy (non-hydrogen) atoms. The average molecular weight is 424 g/mol. The molecule has 1 heterocycles. The van der Waals surface area contributed by atoms with E-state index < -0.39 is 0 Å². The predicted molar refractivity (Wildman–Crippen MR) is 124 cm³/mol. The number of ether oxygens (including phenoxy) is 1. The van der Waals surface area contributed by atoms with Crippen molar-refractivity contribution in [2.45, 2.75) is 38.6 Å². The number of nitrogens with zero attached hydrogens (tertiary/aromatic N) is 2. The molecule has 1 saturated heterocycles. The van der Waals surface area contributed by atoms with Crippen molar-refractivity contribution in [3.05, 3.63) is 59.7 Å². The zero-order valence-electron chi connectivity index (χ0n) is 18.8. The maximum Gasteiger partial charge on any atom is 0.258 e. The summed E-state index contributed by atoms with van der Waals surface area (Å²) in [6.07, 6.45) is 3.65. The number of amides is 2. The number of hydrogen-bond donors (Lipinski definition) is 1. The first-order valence-electron chi connectivity index (χ1n) is 11.0. The van der Waals surface area contributed by atoms with Crippen LogP contribution in [0.5, 0.6) is 5.75 Å². The number of aryl methyl sites for hydroxylation is 1. The van der Waals surface area contributed by atoms with Crippen LogP contribution in [0.1, 0.15) is 42.1 Å². The minimum Gasteiger partial charge on any atom is -0.484 e. The molecule has 3 rings (SSSR count). The number of benzene rings is 2. The molecule has 0 bridgehead atoms. The highest BCUT2D eigenvalue weighted by Crippen LogP contribution is 2.17. The quantitative estimate of drug-likeness (QED) is 0.706. The Bertz CT molecular complexity index is 855. The molecular weight excluding hydrogens is 390 g/mol. The smallest absolute Gasteiger partial charge is 0.258 e. The van der Waals surface area contributed by atoms with E-state index in [9.17, 15) is 9.59 Å². The Morgan fingerprint density at radius 1 is 1.03 bits per heavy atom. The summed E-state index contributed by atoms with van der Waals surface area (Å²) in [5, 5.41) is 3.03. The summed E-state index contributed by atoms with van der Waals surface area (Å²) in [6, 6.07) is 15.6. The molecule has 6 nitrogen and oxygen atoms in total. The van der Waals surface area contributed by atoms with Gasteiger partial charge in [0.15, 0.2) is 6.61 Å². The summed E-state index contributed by atoms with van der Waals surface area (Å²) in [4.78, 5) is 28.9. The highest BCUT2D eigenvalue weighted by Gasteiger charge is 2.24. The summed E-state index contributed by atoms with van der Waals surface area (Å²) in [7, 11) is 3.95. The van der Waals surface area contributed by atoms with Crippen molar-refractivity contribution in [1.82, 2.24) is 10.2 Å². The van der Waals surface area contributed by atoms with Gasteiger partial charge in [0.25, 0.3) is 11.8 Å². The van der Waals surface area contributed by atoms with Gasteiger partial charge < -0.3 is 19.9 Å². The number of nitrogens with one attached hydrogen (secondary N) is 1. The van der Waals surface area contributed by atoms with Crippen LogP contribution in [0.4, 0.5) is 5.69 Å². The maximum atomic E-state index is 12.7. The zero-order chi connectivity index (χ0) is 22.2. The second kappa shape index (κ2) is 10.8. The number of rotatable bonds is 8. The van der Waals surface area contributed by atoms with E-state index in [0.717, 1.165) is 31.4 Å². The second-order valence-corrected chi connectivity index (χ2v) is 8.26. The summed E-state index contributed by atoms with van der Waals surface area (Å²) in [5.41, 5.74) is 3.04. The first kappa shape index (κ1) is 22.7. The van der Waals surface area contributed by atoms with Crippen LogP contribution in [0.3, 0.4) is 0 Å². The van der Waals surface area contributed by atoms with E-state index in [4.69, 9.17) is 4.74 Å². The number of anilines is 1. The molecule has 166 valence electrons. The van der Waals surface area contributed by atoms with Gasteiger partial charge in [-0.2, -0.15) is 0 Å². The first-order chi connectivity index (χ1) is 15.0. The van der Waals surface area contributed by atoms with Gasteiger partial charge in [0.2, 0.25) is 0 Å². The van der Waals surface area contributed by atoms with Crippen LogP contribution >= 0.6 is 0 Å². The highest BCUT2D eigenvalue weighted by atomic mass is 16.5. The van der Waals surface area contributed by atoms with Crippen LogP contribution in [-0.2, 0) is 11.2 Å². The van der Waals surface area contributed by atoms with E-state index in [1.54, 1.807) is 0 Å². The van der Waals surface area contributed by atoms with Crippen LogP contribution in [0.2, 0.25) is 0 Å². The molecule has 2 amide bonds. The number of likely N-dealkylation sites (tertiary alicyclic amines) is 1. The van der Waals surface area contributed by atoms with Gasteiger partial charge >= 0.3 is 0 Å². The Morgan fingerprint density at radius 2 is 1.68 bits per heavy atom. The van der Waals surface area contributed by atoms with Gasteiger partial charge in [-0.15, -0.1) is 0 Å². The number of carbonyl (C=O) groups excluding carboxylic acids is 2. The van der Waals surface area contributed by atoms with E-state index in [1.807, 2.05) is 72.4 Å². The number of piperidine rings is 1. The standard InChI is InChI=1S/C25H33N3O3/c1-4-5-19-6-12-23(13-7-19)31-18-24(29)26-21-14-16-28(17-15-21)25(30)20-8-10-22(11-9-20)27(2)3/h6-13,21H,4-5,14-18H2,1-3H3,(H,26,29). The molecule has 1 N–H and O–H groups in total. The van der Waals surface area contributed by atoms with Crippen LogP contribution in [-0.4, -0.2) is 56.5 Å². The summed E-state index contributed by atoms with van der Waals surface area (Å²) < 4.78 is 5.61. The molecule has 1 aliphatic rings. The van der Waals surface area contributed by atoms with Gasteiger partial charge in [-0.3, -0.25) is 9.59 Å². The van der Waals surface area contributed by atoms with E-state index in [-0.39, 0.29) is 24.5 Å². The Labute approximate surface area is 185 Å². The summed E-state index contributed by atoms with van der Waals surface area (Å²) in [5.74, 6) is 0.627. The lowest BCUT2D eigenvalue weighted by atomic mass is 10.0. The molecule has 0 unspecified atom stereocenters. The lowest BCUT2D eigenvalue weighted by Crippen LogP contribution is -2.47. The minimum absolute atomic E-state index is 0.00446. The number of hydrogen-bond acceptors (Lipinski definition) is 4. The van der Waals surface area contributed by atoms with Gasteiger partial charge in [0.05, 0.1) is 0 Å². The molecule has 0 atom stereocenters. The van der Waals surface area contributed by atoms with Crippen LogP contribution < -0.4 is 15.0 Å². The normalized spacial score (nSPS) is 14.2.